The van der Waals surface area contributed by atoms with Gasteiger partial charge in [-0.1, -0.05) is 67.5 Å². The molecule has 0 aliphatic rings. The van der Waals surface area contributed by atoms with E-state index in [0.717, 1.165) is 27.8 Å². The molecule has 4 aromatic rings. The van der Waals surface area contributed by atoms with Crippen LogP contribution in [0.25, 0.3) is 34.0 Å². The van der Waals surface area contributed by atoms with Crippen LogP contribution in [0.15, 0.2) is 71.3 Å². The van der Waals surface area contributed by atoms with E-state index in [2.05, 4.69) is 49.1 Å². The quantitative estimate of drug-likeness (QED) is 0.268. The van der Waals surface area contributed by atoms with Crippen LogP contribution in [0.1, 0.15) is 30.5 Å². The summed E-state index contributed by atoms with van der Waals surface area (Å²) < 4.78 is 11.1. The summed E-state index contributed by atoms with van der Waals surface area (Å²) in [7, 11) is 1.69. The summed E-state index contributed by atoms with van der Waals surface area (Å²) in [5.41, 5.74) is 7.16. The molecule has 1 heterocycles. The van der Waals surface area contributed by atoms with Crippen molar-refractivity contribution in [1.29, 1.82) is 0 Å². The molecule has 7 nitrogen and oxygen atoms in total. The van der Waals surface area contributed by atoms with E-state index in [9.17, 15) is 9.90 Å². The molecule has 0 saturated heterocycles. The molecule has 0 saturated carbocycles. The van der Waals surface area contributed by atoms with Gasteiger partial charge in [0.25, 0.3) is 5.89 Å². The third-order valence-corrected chi connectivity index (χ3v) is 6.09. The molecular formula is C30H33N3O4. The molecule has 3 aromatic carbocycles. The molecule has 0 spiro atoms. The van der Waals surface area contributed by atoms with E-state index in [1.807, 2.05) is 53.4 Å². The van der Waals surface area contributed by atoms with Gasteiger partial charge in [-0.15, -0.1) is 0 Å². The van der Waals surface area contributed by atoms with Crippen LogP contribution in [0.3, 0.4) is 0 Å². The lowest BCUT2D eigenvalue weighted by molar-refractivity contribution is -0.138. The Hall–Kier alpha value is -3.81. The van der Waals surface area contributed by atoms with Crippen molar-refractivity contribution in [3.8, 4) is 34.0 Å². The lowest BCUT2D eigenvalue weighted by Crippen LogP contribution is -2.32. The van der Waals surface area contributed by atoms with Crippen LogP contribution in [0, 0.1) is 12.8 Å². The van der Waals surface area contributed by atoms with Gasteiger partial charge < -0.3 is 14.4 Å². The van der Waals surface area contributed by atoms with Crippen molar-refractivity contribution in [3.05, 3.63) is 83.4 Å². The number of methoxy groups -OCH3 is 1. The van der Waals surface area contributed by atoms with Crippen LogP contribution >= 0.6 is 0 Å². The Balaban J connectivity index is 1.59. The molecule has 0 amide bonds. The molecule has 0 radical (unpaired) electrons. The van der Waals surface area contributed by atoms with Crippen molar-refractivity contribution >= 4 is 5.97 Å². The standard InChI is InChI=1S/C30H33N3O4/c1-20(2)16-33(18-28(34)35)17-22-9-7-10-23(14-22)29-31-30(37-32-29)24-12-13-27(25(15-24)19-36-4)26-11-6-5-8-21(26)3/h5-15,20H,16-19H2,1-4H3,(H,34,35). The number of aryl methyl sites for hydroxylation is 1. The first-order valence-corrected chi connectivity index (χ1v) is 12.4. The van der Waals surface area contributed by atoms with Crippen molar-refractivity contribution in [3.63, 3.8) is 0 Å². The molecule has 4 rings (SSSR count). The van der Waals surface area contributed by atoms with Gasteiger partial charge in [0.1, 0.15) is 0 Å². The van der Waals surface area contributed by atoms with Crippen LogP contribution in [-0.4, -0.2) is 46.3 Å². The summed E-state index contributed by atoms with van der Waals surface area (Å²) in [6.07, 6.45) is 0. The lowest BCUT2D eigenvalue weighted by atomic mass is 9.94. The number of aliphatic carboxylic acids is 1. The van der Waals surface area contributed by atoms with Gasteiger partial charge >= 0.3 is 5.97 Å². The molecule has 37 heavy (non-hydrogen) atoms. The molecule has 0 fully saturated rings. The molecule has 7 heteroatoms. The summed E-state index contributed by atoms with van der Waals surface area (Å²) in [5, 5.41) is 13.5. The number of hydrogen-bond donors (Lipinski definition) is 1. The Morgan fingerprint density at radius 2 is 1.84 bits per heavy atom. The van der Waals surface area contributed by atoms with Crippen LogP contribution in [0.4, 0.5) is 0 Å². The van der Waals surface area contributed by atoms with E-state index in [-0.39, 0.29) is 6.54 Å². The summed E-state index contributed by atoms with van der Waals surface area (Å²) >= 11 is 0. The van der Waals surface area contributed by atoms with Crippen molar-refractivity contribution in [2.75, 3.05) is 20.2 Å². The molecule has 0 bridgehead atoms. The third-order valence-electron chi connectivity index (χ3n) is 6.09. The van der Waals surface area contributed by atoms with E-state index in [4.69, 9.17) is 9.26 Å². The highest BCUT2D eigenvalue weighted by molar-refractivity contribution is 5.74. The zero-order valence-electron chi connectivity index (χ0n) is 21.8. The molecule has 192 valence electrons. The average Bonchev–Trinajstić information content (AvgIpc) is 3.35. The van der Waals surface area contributed by atoms with Crippen LogP contribution in [0.2, 0.25) is 0 Å². The number of nitrogens with zero attached hydrogens (tertiary/aromatic N) is 3. The maximum Gasteiger partial charge on any atom is 0.317 e. The number of carboxylic acid groups (broad SMARTS) is 1. The Bertz CT molecular complexity index is 1360. The second kappa shape index (κ2) is 12.0. The smallest absolute Gasteiger partial charge is 0.317 e. The van der Waals surface area contributed by atoms with Crippen LogP contribution < -0.4 is 0 Å². The predicted molar refractivity (Wildman–Crippen MR) is 144 cm³/mol. The molecular weight excluding hydrogens is 466 g/mol. The largest absolute Gasteiger partial charge is 0.480 e. The second-order valence-electron chi connectivity index (χ2n) is 9.70. The predicted octanol–water partition coefficient (Wildman–Crippen LogP) is 6.07. The fraction of sp³-hybridized carbons (Fsp3) is 0.300. The first kappa shape index (κ1) is 26.3. The average molecular weight is 500 g/mol. The maximum absolute atomic E-state index is 11.3. The van der Waals surface area contributed by atoms with Crippen LogP contribution in [-0.2, 0) is 22.7 Å². The Kier molecular flexibility index (Phi) is 8.48. The highest BCUT2D eigenvalue weighted by Crippen LogP contribution is 2.31. The SMILES string of the molecule is COCc1cc(-c2nc(-c3cccc(CN(CC(=O)O)CC(C)C)c3)no2)ccc1-c1ccccc1C. The number of carboxylic acids is 1. The molecule has 0 atom stereocenters. The van der Waals surface area contributed by atoms with E-state index in [0.29, 0.717) is 37.3 Å². The van der Waals surface area contributed by atoms with Gasteiger partial charge in [0.2, 0.25) is 5.82 Å². The van der Waals surface area contributed by atoms with Gasteiger partial charge in [0.05, 0.1) is 13.2 Å². The number of hydrogen-bond acceptors (Lipinski definition) is 6. The minimum Gasteiger partial charge on any atom is -0.480 e. The molecule has 0 aliphatic carbocycles. The number of rotatable bonds is 11. The van der Waals surface area contributed by atoms with Crippen LogP contribution in [0.5, 0.6) is 0 Å². The maximum atomic E-state index is 11.3. The Labute approximate surface area is 217 Å². The van der Waals surface area contributed by atoms with Gasteiger partial charge in [0.15, 0.2) is 0 Å². The van der Waals surface area contributed by atoms with E-state index in [1.165, 1.54) is 11.1 Å². The van der Waals surface area contributed by atoms with E-state index in [1.54, 1.807) is 7.11 Å². The number of carbonyl (C=O) groups is 1. The van der Waals surface area contributed by atoms with Crippen molar-refractivity contribution in [2.45, 2.75) is 33.9 Å². The zero-order valence-corrected chi connectivity index (χ0v) is 21.8. The van der Waals surface area contributed by atoms with E-state index < -0.39 is 5.97 Å². The topological polar surface area (TPSA) is 88.7 Å². The Morgan fingerprint density at radius 1 is 1.03 bits per heavy atom. The fourth-order valence-corrected chi connectivity index (χ4v) is 4.56. The number of benzene rings is 3. The van der Waals surface area contributed by atoms with Crippen molar-refractivity contribution in [1.82, 2.24) is 15.0 Å². The normalized spacial score (nSPS) is 11.4. The van der Waals surface area contributed by atoms with Crippen molar-refractivity contribution < 1.29 is 19.2 Å². The second-order valence-corrected chi connectivity index (χ2v) is 9.70. The highest BCUT2D eigenvalue weighted by Gasteiger charge is 2.16. The first-order valence-electron chi connectivity index (χ1n) is 12.4. The van der Waals surface area contributed by atoms with Gasteiger partial charge in [-0.3, -0.25) is 9.69 Å². The summed E-state index contributed by atoms with van der Waals surface area (Å²) in [4.78, 5) is 17.9. The van der Waals surface area contributed by atoms with Gasteiger partial charge in [0, 0.05) is 31.3 Å². The molecule has 1 N–H and O–H groups in total. The van der Waals surface area contributed by atoms with Crippen molar-refractivity contribution in [2.24, 2.45) is 5.92 Å². The molecule has 0 aliphatic heterocycles. The van der Waals surface area contributed by atoms with Gasteiger partial charge in [-0.05, 0) is 58.9 Å². The molecule has 1 aromatic heterocycles. The zero-order chi connectivity index (χ0) is 26.4. The van der Waals surface area contributed by atoms with Gasteiger partial charge in [-0.25, -0.2) is 0 Å². The summed E-state index contributed by atoms with van der Waals surface area (Å²) in [6.45, 7) is 7.95. The Morgan fingerprint density at radius 3 is 2.57 bits per heavy atom. The minimum absolute atomic E-state index is 0.00290. The summed E-state index contributed by atoms with van der Waals surface area (Å²) in [6, 6.07) is 22.2. The number of ether oxygens (including phenoxy) is 1. The summed E-state index contributed by atoms with van der Waals surface area (Å²) in [5.74, 6) is 0.451. The monoisotopic (exact) mass is 499 g/mol. The first-order chi connectivity index (χ1) is 17.8. The van der Waals surface area contributed by atoms with E-state index >= 15 is 0 Å². The lowest BCUT2D eigenvalue weighted by Gasteiger charge is -2.22. The fourth-order valence-electron chi connectivity index (χ4n) is 4.56. The highest BCUT2D eigenvalue weighted by atomic mass is 16.5. The third kappa shape index (κ3) is 6.70. The van der Waals surface area contributed by atoms with Gasteiger partial charge in [-0.2, -0.15) is 4.98 Å². The minimum atomic E-state index is -0.832. The molecule has 0 unspecified atom stereocenters. The number of aromatic nitrogens is 2.